The molecule has 9 nitrogen and oxygen atoms in total. The van der Waals surface area contributed by atoms with Crippen LogP contribution in [0.1, 0.15) is 12.8 Å². The van der Waals surface area contributed by atoms with Crippen LogP contribution in [0.15, 0.2) is 23.9 Å². The molecule has 0 aromatic rings. The summed E-state index contributed by atoms with van der Waals surface area (Å²) in [5, 5.41) is 19.9. The number of carboxylic acid groups (broad SMARTS) is 1. The maximum atomic E-state index is 11.3. The van der Waals surface area contributed by atoms with Crippen LogP contribution in [0.25, 0.3) is 0 Å². The number of hydrazine groups is 2. The molecule has 9 heteroatoms. The second-order valence-corrected chi connectivity index (χ2v) is 3.93. The molecule has 4 N–H and O–H groups in total. The van der Waals surface area contributed by atoms with Gasteiger partial charge in [0, 0.05) is 19.0 Å². The van der Waals surface area contributed by atoms with Crippen LogP contribution in [-0.2, 0) is 14.4 Å². The Bertz CT molecular complexity index is 470. The molecule has 2 aliphatic rings. The summed E-state index contributed by atoms with van der Waals surface area (Å²) in [6.07, 6.45) is 2.96. The average Bonchev–Trinajstić information content (AvgIpc) is 2.67. The molecule has 0 saturated carbocycles. The molecule has 102 valence electrons. The van der Waals surface area contributed by atoms with E-state index in [0.717, 1.165) is 5.01 Å². The largest absolute Gasteiger partial charge is 0.478 e. The van der Waals surface area contributed by atoms with Gasteiger partial charge in [0.15, 0.2) is 6.17 Å². The number of aliphatic carboxylic acids is 1. The number of hydrogen-bond donors (Lipinski definition) is 4. The molecule has 19 heavy (non-hydrogen) atoms. The SMILES string of the molecule is O=C(O)C1=CC=CN(O)C1NNN1C(=O)CCC1=O. The van der Waals surface area contributed by atoms with Crippen LogP contribution in [0.3, 0.4) is 0 Å². The molecule has 0 aliphatic carbocycles. The lowest BCUT2D eigenvalue weighted by atomic mass is 10.1. The number of imide groups is 1. The lowest BCUT2D eigenvalue weighted by molar-refractivity contribution is -0.147. The van der Waals surface area contributed by atoms with Gasteiger partial charge in [0.1, 0.15) is 0 Å². The van der Waals surface area contributed by atoms with Crippen molar-refractivity contribution in [2.45, 2.75) is 19.0 Å². The number of hydroxylamine groups is 2. The Morgan fingerprint density at radius 3 is 2.53 bits per heavy atom. The summed E-state index contributed by atoms with van der Waals surface area (Å²) in [4.78, 5) is 33.7. The molecule has 2 heterocycles. The maximum Gasteiger partial charge on any atom is 0.335 e. The Hall–Kier alpha value is -2.23. The van der Waals surface area contributed by atoms with E-state index < -0.39 is 23.9 Å². The standard InChI is InChI=1S/C10H12N4O5/c15-7-3-4-8(16)14(7)12-11-9-6(10(17)18)2-1-5-13(9)19/h1-2,5,9,11-12,19H,3-4H2,(H,17,18). The molecule has 1 atom stereocenters. The van der Waals surface area contributed by atoms with E-state index >= 15 is 0 Å². The van der Waals surface area contributed by atoms with Gasteiger partial charge in [-0.25, -0.2) is 15.3 Å². The Morgan fingerprint density at radius 1 is 1.32 bits per heavy atom. The minimum atomic E-state index is -1.23. The highest BCUT2D eigenvalue weighted by Gasteiger charge is 2.32. The van der Waals surface area contributed by atoms with Gasteiger partial charge in [-0.05, 0) is 12.2 Å². The van der Waals surface area contributed by atoms with Gasteiger partial charge >= 0.3 is 5.97 Å². The second-order valence-electron chi connectivity index (χ2n) is 3.93. The lowest BCUT2D eigenvalue weighted by Gasteiger charge is -2.29. The maximum absolute atomic E-state index is 11.3. The minimum Gasteiger partial charge on any atom is -0.478 e. The topological polar surface area (TPSA) is 122 Å². The number of carbonyl (C=O) groups excluding carboxylic acids is 2. The van der Waals surface area contributed by atoms with Gasteiger partial charge in [-0.2, -0.15) is 10.5 Å². The van der Waals surface area contributed by atoms with Crippen LogP contribution in [0.4, 0.5) is 0 Å². The molecule has 0 bridgehead atoms. The molecule has 1 saturated heterocycles. The van der Waals surface area contributed by atoms with E-state index in [1.807, 2.05) is 0 Å². The van der Waals surface area contributed by atoms with Crippen molar-refractivity contribution in [2.75, 3.05) is 0 Å². The third kappa shape index (κ3) is 2.62. The molecule has 1 unspecified atom stereocenters. The van der Waals surface area contributed by atoms with E-state index in [1.165, 1.54) is 18.4 Å². The summed E-state index contributed by atoms with van der Waals surface area (Å²) in [6, 6.07) is 0. The van der Waals surface area contributed by atoms with E-state index in [2.05, 4.69) is 11.0 Å². The van der Waals surface area contributed by atoms with Crippen molar-refractivity contribution in [2.24, 2.45) is 0 Å². The van der Waals surface area contributed by atoms with Gasteiger partial charge in [0.05, 0.1) is 5.57 Å². The van der Waals surface area contributed by atoms with Gasteiger partial charge in [0.2, 0.25) is 11.8 Å². The van der Waals surface area contributed by atoms with Gasteiger partial charge in [0.25, 0.3) is 0 Å². The molecule has 2 amide bonds. The zero-order valence-electron chi connectivity index (χ0n) is 9.74. The van der Waals surface area contributed by atoms with E-state index in [-0.39, 0.29) is 18.4 Å². The van der Waals surface area contributed by atoms with E-state index in [0.29, 0.717) is 5.06 Å². The fourth-order valence-corrected chi connectivity index (χ4v) is 1.71. The van der Waals surface area contributed by atoms with Crippen molar-refractivity contribution in [3.05, 3.63) is 23.9 Å². The van der Waals surface area contributed by atoms with E-state index in [9.17, 15) is 19.6 Å². The van der Waals surface area contributed by atoms with Crippen LogP contribution in [-0.4, -0.2) is 44.3 Å². The lowest BCUT2D eigenvalue weighted by Crippen LogP contribution is -2.58. The number of nitrogens with zero attached hydrogens (tertiary/aromatic N) is 2. The van der Waals surface area contributed by atoms with E-state index in [1.54, 1.807) is 0 Å². The molecular formula is C10H12N4O5. The first-order chi connectivity index (χ1) is 9.00. The Balaban J connectivity index is 2.03. The average molecular weight is 268 g/mol. The fourth-order valence-electron chi connectivity index (χ4n) is 1.71. The first kappa shape index (κ1) is 13.2. The molecule has 0 aromatic heterocycles. The zero-order chi connectivity index (χ0) is 14.0. The first-order valence-corrected chi connectivity index (χ1v) is 5.46. The summed E-state index contributed by atoms with van der Waals surface area (Å²) in [7, 11) is 0. The van der Waals surface area contributed by atoms with Crippen molar-refractivity contribution in [1.82, 2.24) is 21.0 Å². The van der Waals surface area contributed by atoms with Crippen molar-refractivity contribution < 1.29 is 24.7 Å². The van der Waals surface area contributed by atoms with Crippen LogP contribution in [0.5, 0.6) is 0 Å². The second kappa shape index (κ2) is 5.18. The zero-order valence-corrected chi connectivity index (χ0v) is 9.74. The van der Waals surface area contributed by atoms with Crippen LogP contribution in [0.2, 0.25) is 0 Å². The molecule has 2 rings (SSSR count). The minimum absolute atomic E-state index is 0.0998. The fraction of sp³-hybridized carbons (Fsp3) is 0.300. The summed E-state index contributed by atoms with van der Waals surface area (Å²) >= 11 is 0. The van der Waals surface area contributed by atoms with Gasteiger partial charge in [-0.15, -0.1) is 0 Å². The smallest absolute Gasteiger partial charge is 0.335 e. The molecule has 0 aromatic carbocycles. The molecular weight excluding hydrogens is 256 g/mol. The number of rotatable bonds is 4. The predicted octanol–water partition coefficient (Wildman–Crippen LogP) is -1.30. The van der Waals surface area contributed by atoms with Gasteiger partial charge < -0.3 is 5.11 Å². The monoisotopic (exact) mass is 268 g/mol. The van der Waals surface area contributed by atoms with Crippen LogP contribution < -0.4 is 11.0 Å². The highest BCUT2D eigenvalue weighted by molar-refractivity contribution is 6.01. The van der Waals surface area contributed by atoms with Crippen molar-refractivity contribution in [3.8, 4) is 0 Å². The van der Waals surface area contributed by atoms with Gasteiger partial charge in [-0.3, -0.25) is 14.8 Å². The van der Waals surface area contributed by atoms with Crippen LogP contribution >= 0.6 is 0 Å². The Morgan fingerprint density at radius 2 is 1.95 bits per heavy atom. The summed E-state index contributed by atoms with van der Waals surface area (Å²) in [5.41, 5.74) is 4.58. The van der Waals surface area contributed by atoms with Crippen LogP contribution in [0, 0.1) is 0 Å². The number of amides is 2. The molecule has 0 radical (unpaired) electrons. The molecule has 1 fully saturated rings. The normalized spacial score (nSPS) is 23.0. The number of allylic oxidation sites excluding steroid dienone is 2. The van der Waals surface area contributed by atoms with E-state index in [4.69, 9.17) is 5.11 Å². The van der Waals surface area contributed by atoms with Gasteiger partial charge in [-0.1, -0.05) is 0 Å². The predicted molar refractivity (Wildman–Crippen MR) is 59.6 cm³/mol. The van der Waals surface area contributed by atoms with Crippen molar-refractivity contribution in [1.29, 1.82) is 0 Å². The first-order valence-electron chi connectivity index (χ1n) is 5.46. The third-order valence-electron chi connectivity index (χ3n) is 2.69. The highest BCUT2D eigenvalue weighted by Crippen LogP contribution is 2.13. The summed E-state index contributed by atoms with van der Waals surface area (Å²) < 4.78 is 0. The summed E-state index contributed by atoms with van der Waals surface area (Å²) in [5.74, 6) is -2.08. The number of hydrogen-bond acceptors (Lipinski definition) is 7. The summed E-state index contributed by atoms with van der Waals surface area (Å²) in [6.45, 7) is 0. The molecule has 0 spiro atoms. The Labute approximate surface area is 107 Å². The third-order valence-corrected chi connectivity index (χ3v) is 2.69. The number of carbonyl (C=O) groups is 3. The quantitative estimate of drug-likeness (QED) is 0.366. The highest BCUT2D eigenvalue weighted by atomic mass is 16.5. The number of nitrogens with one attached hydrogen (secondary N) is 2. The van der Waals surface area contributed by atoms with Crippen molar-refractivity contribution in [3.63, 3.8) is 0 Å². The van der Waals surface area contributed by atoms with Crippen molar-refractivity contribution >= 4 is 17.8 Å². The molecule has 2 aliphatic heterocycles. The Kier molecular flexibility index (Phi) is 3.60. The number of carboxylic acids is 1.